The van der Waals surface area contributed by atoms with Gasteiger partial charge in [0.25, 0.3) is 0 Å². The molecular weight excluding hydrogens is 598 g/mol. The summed E-state index contributed by atoms with van der Waals surface area (Å²) in [5, 5.41) is 6.49. The fraction of sp³-hybridized carbons (Fsp3) is 0.576. The van der Waals surface area contributed by atoms with Crippen molar-refractivity contribution in [3.05, 3.63) is 58.8 Å². The summed E-state index contributed by atoms with van der Waals surface area (Å²) in [5.41, 5.74) is 6.43. The first-order valence-electron chi connectivity index (χ1n) is 15.7. The number of halogens is 1. The standard InChI is InChI=1S/C33H44ClN5O6/c1-20-26(36-30(42)45-32(2,3)4)11-9-7-5-6-8-10-23-16-33(23,29(35)41)37-28(40)27-15-25(19-39(20)27)44-31(43)38-17-21-12-13-24(34)14-22(21)18-38/h8,10,12-14,23,25-27H,1,5-7,9,11,15-19H2,2-4H3,(H2,35,41)(H,36,42)(H,37,40)/b10-8-/t23-,25-,26+,27+,33-/m1/s1. The van der Waals surface area contributed by atoms with Crippen molar-refractivity contribution in [1.82, 2.24) is 20.4 Å². The second kappa shape index (κ2) is 12.9. The van der Waals surface area contributed by atoms with Gasteiger partial charge in [0.15, 0.2) is 0 Å². The summed E-state index contributed by atoms with van der Waals surface area (Å²) in [6, 6.07) is 4.21. The van der Waals surface area contributed by atoms with Crippen molar-refractivity contribution in [3.8, 4) is 0 Å². The van der Waals surface area contributed by atoms with Crippen molar-refractivity contribution in [1.29, 1.82) is 0 Å². The number of nitrogens with one attached hydrogen (secondary N) is 2. The van der Waals surface area contributed by atoms with Crippen molar-refractivity contribution < 1.29 is 28.7 Å². The van der Waals surface area contributed by atoms with Gasteiger partial charge < -0.3 is 30.7 Å². The predicted molar refractivity (Wildman–Crippen MR) is 169 cm³/mol. The Labute approximate surface area is 269 Å². The highest BCUT2D eigenvalue weighted by molar-refractivity contribution is 6.30. The van der Waals surface area contributed by atoms with Gasteiger partial charge in [0, 0.05) is 36.1 Å². The molecule has 0 bridgehead atoms. The number of carbonyl (C=O) groups excluding carboxylic acids is 4. The van der Waals surface area contributed by atoms with Gasteiger partial charge in [-0.15, -0.1) is 0 Å². The highest BCUT2D eigenvalue weighted by Gasteiger charge is 2.60. The van der Waals surface area contributed by atoms with E-state index in [0.717, 1.165) is 36.8 Å². The topological polar surface area (TPSA) is 143 Å². The SMILES string of the molecule is C=C1[C@@H](NC(=O)OC(C)(C)C)CCCCC/C=C\[C@@H]2C[C@@]2(C(N)=O)NC(=O)[C@@H]2C[C@@H](OC(=O)N3Cc4ccc(Cl)cc4C3)CN12. The molecule has 0 unspecified atom stereocenters. The minimum atomic E-state index is -1.16. The van der Waals surface area contributed by atoms with Gasteiger partial charge in [-0.25, -0.2) is 9.59 Å². The molecule has 1 aliphatic carbocycles. The lowest BCUT2D eigenvalue weighted by Gasteiger charge is -2.34. The molecule has 3 heterocycles. The first kappa shape index (κ1) is 32.7. The normalized spacial score (nSPS) is 29.2. The van der Waals surface area contributed by atoms with Gasteiger partial charge in [0.1, 0.15) is 23.3 Å². The van der Waals surface area contributed by atoms with Crippen molar-refractivity contribution in [2.75, 3.05) is 6.54 Å². The van der Waals surface area contributed by atoms with Crippen LogP contribution in [0.1, 0.15) is 76.8 Å². The molecule has 0 aromatic heterocycles. The number of rotatable bonds is 3. The number of hydrogen-bond donors (Lipinski definition) is 3. The Hall–Kier alpha value is -3.73. The third-order valence-corrected chi connectivity index (χ3v) is 9.21. The van der Waals surface area contributed by atoms with Gasteiger partial charge in [0.2, 0.25) is 11.8 Å². The fourth-order valence-electron chi connectivity index (χ4n) is 6.49. The molecule has 244 valence electrons. The molecule has 5 rings (SSSR count). The number of fused-ring (bicyclic) bond motifs is 3. The van der Waals surface area contributed by atoms with Crippen molar-refractivity contribution in [3.63, 3.8) is 0 Å². The van der Waals surface area contributed by atoms with Gasteiger partial charge in [-0.1, -0.05) is 49.2 Å². The van der Waals surface area contributed by atoms with Crippen molar-refractivity contribution in [2.24, 2.45) is 11.7 Å². The molecule has 1 saturated heterocycles. The molecular formula is C33H44ClN5O6. The fourth-order valence-corrected chi connectivity index (χ4v) is 6.68. The molecule has 1 saturated carbocycles. The molecule has 45 heavy (non-hydrogen) atoms. The van der Waals surface area contributed by atoms with Crippen LogP contribution in [0, 0.1) is 5.92 Å². The highest BCUT2D eigenvalue weighted by atomic mass is 35.5. The van der Waals surface area contributed by atoms with E-state index in [9.17, 15) is 19.2 Å². The minimum Gasteiger partial charge on any atom is -0.444 e. The molecule has 1 aromatic rings. The Morgan fingerprint density at radius 2 is 1.91 bits per heavy atom. The molecule has 3 aliphatic heterocycles. The lowest BCUT2D eigenvalue weighted by molar-refractivity contribution is -0.131. The van der Waals surface area contributed by atoms with E-state index in [1.165, 1.54) is 0 Å². The van der Waals surface area contributed by atoms with Gasteiger partial charge in [-0.2, -0.15) is 0 Å². The summed E-state index contributed by atoms with van der Waals surface area (Å²) >= 11 is 6.15. The number of amides is 4. The average molecular weight is 642 g/mol. The molecule has 4 aliphatic rings. The molecule has 4 N–H and O–H groups in total. The summed E-state index contributed by atoms with van der Waals surface area (Å²) in [6.07, 6.45) is 6.97. The number of alkyl carbamates (subject to hydrolysis) is 1. The van der Waals surface area contributed by atoms with E-state index in [4.69, 9.17) is 26.8 Å². The number of allylic oxidation sites excluding steroid dienone is 1. The van der Waals surface area contributed by atoms with Crippen LogP contribution in [0.4, 0.5) is 9.59 Å². The molecule has 0 spiro atoms. The second-order valence-electron chi connectivity index (χ2n) is 13.6. The van der Waals surface area contributed by atoms with Crippen LogP contribution < -0.4 is 16.4 Å². The van der Waals surface area contributed by atoms with E-state index < -0.39 is 53.3 Å². The largest absolute Gasteiger partial charge is 0.444 e. The Morgan fingerprint density at radius 1 is 1.16 bits per heavy atom. The molecule has 4 amide bonds. The zero-order valence-electron chi connectivity index (χ0n) is 26.3. The van der Waals surface area contributed by atoms with Crippen LogP contribution in [0.3, 0.4) is 0 Å². The van der Waals surface area contributed by atoms with Gasteiger partial charge in [-0.3, -0.25) is 14.5 Å². The van der Waals surface area contributed by atoms with Gasteiger partial charge in [-0.05, 0) is 69.7 Å². The summed E-state index contributed by atoms with van der Waals surface area (Å²) in [6.45, 7) is 10.7. The number of primary amides is 1. The Bertz CT molecular complexity index is 1390. The van der Waals surface area contributed by atoms with E-state index in [0.29, 0.717) is 36.7 Å². The van der Waals surface area contributed by atoms with E-state index in [1.54, 1.807) is 36.6 Å². The Kier molecular flexibility index (Phi) is 9.39. The van der Waals surface area contributed by atoms with Crippen LogP contribution in [-0.4, -0.2) is 69.7 Å². The smallest absolute Gasteiger partial charge is 0.410 e. The molecule has 11 nitrogen and oxygen atoms in total. The molecule has 1 aromatic carbocycles. The Balaban J connectivity index is 1.36. The number of nitrogens with two attached hydrogens (primary N) is 1. The van der Waals surface area contributed by atoms with Crippen LogP contribution in [0.25, 0.3) is 0 Å². The number of benzene rings is 1. The van der Waals surface area contributed by atoms with Crippen LogP contribution in [0.2, 0.25) is 5.02 Å². The summed E-state index contributed by atoms with van der Waals surface area (Å²) in [5.74, 6) is -1.17. The molecule has 2 fully saturated rings. The zero-order chi connectivity index (χ0) is 32.5. The van der Waals surface area contributed by atoms with Crippen LogP contribution >= 0.6 is 11.6 Å². The maximum atomic E-state index is 13.9. The minimum absolute atomic E-state index is 0.178. The maximum absolute atomic E-state index is 13.9. The summed E-state index contributed by atoms with van der Waals surface area (Å²) in [4.78, 5) is 56.0. The number of nitrogens with zero attached hydrogens (tertiary/aromatic N) is 2. The summed E-state index contributed by atoms with van der Waals surface area (Å²) < 4.78 is 11.5. The number of hydrogen-bond acceptors (Lipinski definition) is 7. The molecule has 12 heteroatoms. The monoisotopic (exact) mass is 641 g/mol. The number of ether oxygens (including phenoxy) is 2. The molecule has 0 radical (unpaired) electrons. The maximum Gasteiger partial charge on any atom is 0.410 e. The lowest BCUT2D eigenvalue weighted by atomic mass is 10.0. The van der Waals surface area contributed by atoms with Crippen molar-refractivity contribution in [2.45, 2.75) is 108 Å². The molecule has 5 atom stereocenters. The zero-order valence-corrected chi connectivity index (χ0v) is 27.0. The quantitative estimate of drug-likeness (QED) is 0.412. The van der Waals surface area contributed by atoms with Crippen LogP contribution in [0.5, 0.6) is 0 Å². The Morgan fingerprint density at radius 3 is 2.64 bits per heavy atom. The van der Waals surface area contributed by atoms with Gasteiger partial charge in [0.05, 0.1) is 12.6 Å². The second-order valence-corrected chi connectivity index (χ2v) is 14.0. The third-order valence-electron chi connectivity index (χ3n) is 8.98. The van der Waals surface area contributed by atoms with Crippen LogP contribution in [0.15, 0.2) is 42.6 Å². The van der Waals surface area contributed by atoms with E-state index in [2.05, 4.69) is 17.2 Å². The summed E-state index contributed by atoms with van der Waals surface area (Å²) in [7, 11) is 0. The first-order valence-corrected chi connectivity index (χ1v) is 16.1. The lowest BCUT2D eigenvalue weighted by Crippen LogP contribution is -2.54. The van der Waals surface area contributed by atoms with Crippen molar-refractivity contribution >= 4 is 35.6 Å². The predicted octanol–water partition coefficient (Wildman–Crippen LogP) is 4.52. The van der Waals surface area contributed by atoms with Gasteiger partial charge >= 0.3 is 12.2 Å². The average Bonchev–Trinajstić information content (AvgIpc) is 3.26. The third kappa shape index (κ3) is 7.57. The van der Waals surface area contributed by atoms with Crippen LogP contribution in [-0.2, 0) is 32.2 Å². The highest BCUT2D eigenvalue weighted by Crippen LogP contribution is 2.45. The number of carbonyl (C=O) groups is 4. The van der Waals surface area contributed by atoms with E-state index >= 15 is 0 Å². The first-order chi connectivity index (χ1) is 21.3. The van der Waals surface area contributed by atoms with E-state index in [-0.39, 0.29) is 18.9 Å². The van der Waals surface area contributed by atoms with E-state index in [1.807, 2.05) is 24.3 Å².